The zero-order valence-corrected chi connectivity index (χ0v) is 11.0. The molecule has 1 aromatic rings. The van der Waals surface area contributed by atoms with Crippen LogP contribution in [0, 0.1) is 5.92 Å². The number of hydrogen-bond acceptors (Lipinski definition) is 2. The molecule has 1 saturated carbocycles. The summed E-state index contributed by atoms with van der Waals surface area (Å²) in [5.74, 6) is 1.61. The van der Waals surface area contributed by atoms with Gasteiger partial charge >= 0.3 is 0 Å². The Morgan fingerprint density at radius 3 is 2.72 bits per heavy atom. The van der Waals surface area contributed by atoms with Crippen molar-refractivity contribution in [1.29, 1.82) is 0 Å². The van der Waals surface area contributed by atoms with Crippen LogP contribution in [0.5, 0.6) is 5.75 Å². The monoisotopic (exact) mass is 245 g/mol. The first kappa shape index (κ1) is 12.0. The third-order valence-corrected chi connectivity index (χ3v) is 4.50. The van der Waals surface area contributed by atoms with Gasteiger partial charge in [0.2, 0.25) is 0 Å². The van der Waals surface area contributed by atoms with E-state index in [0.29, 0.717) is 12.0 Å². The molecule has 2 heteroatoms. The molecule has 2 atom stereocenters. The molecule has 0 amide bonds. The number of rotatable bonds is 3. The highest BCUT2D eigenvalue weighted by atomic mass is 16.5. The van der Waals surface area contributed by atoms with Crippen LogP contribution in [0.25, 0.3) is 0 Å². The van der Waals surface area contributed by atoms with Crippen molar-refractivity contribution in [2.24, 2.45) is 11.7 Å². The molecule has 0 bridgehead atoms. The smallest absolute Gasteiger partial charge is 0.120 e. The Bertz CT molecular complexity index is 416. The first-order valence-corrected chi connectivity index (χ1v) is 7.35. The van der Waals surface area contributed by atoms with Crippen molar-refractivity contribution in [1.82, 2.24) is 0 Å². The fourth-order valence-corrected chi connectivity index (χ4v) is 3.39. The molecule has 3 rings (SSSR count). The molecule has 98 valence electrons. The average Bonchev–Trinajstić information content (AvgIpc) is 2.86. The lowest BCUT2D eigenvalue weighted by atomic mass is 9.92. The second-order valence-corrected chi connectivity index (χ2v) is 5.72. The summed E-state index contributed by atoms with van der Waals surface area (Å²) in [6.45, 7) is 0.760. The van der Waals surface area contributed by atoms with E-state index in [9.17, 15) is 0 Å². The molecule has 2 nitrogen and oxygen atoms in total. The van der Waals surface area contributed by atoms with E-state index < -0.39 is 0 Å². The molecule has 0 saturated heterocycles. The topological polar surface area (TPSA) is 35.2 Å². The Morgan fingerprint density at radius 2 is 1.89 bits per heavy atom. The number of benzene rings is 1. The molecule has 1 aromatic carbocycles. The summed E-state index contributed by atoms with van der Waals surface area (Å²) < 4.78 is 6.16. The van der Waals surface area contributed by atoms with E-state index in [1.807, 2.05) is 0 Å². The summed E-state index contributed by atoms with van der Waals surface area (Å²) >= 11 is 0. The van der Waals surface area contributed by atoms with Gasteiger partial charge in [-0.25, -0.2) is 0 Å². The second-order valence-electron chi connectivity index (χ2n) is 5.72. The van der Waals surface area contributed by atoms with Crippen LogP contribution in [0.3, 0.4) is 0 Å². The van der Waals surface area contributed by atoms with Gasteiger partial charge in [-0.3, -0.25) is 0 Å². The maximum absolute atomic E-state index is 6.16. The highest BCUT2D eigenvalue weighted by Crippen LogP contribution is 2.31. The molecular formula is C16H23NO. The van der Waals surface area contributed by atoms with Crippen LogP contribution in [0.15, 0.2) is 18.2 Å². The fraction of sp³-hybridized carbons (Fsp3) is 0.625. The predicted molar refractivity (Wildman–Crippen MR) is 73.9 cm³/mol. The summed E-state index contributed by atoms with van der Waals surface area (Å²) in [6.07, 6.45) is 9.12. The van der Waals surface area contributed by atoms with Crippen molar-refractivity contribution in [2.45, 2.75) is 51.0 Å². The Balaban J connectivity index is 1.72. The van der Waals surface area contributed by atoms with Gasteiger partial charge in [0.15, 0.2) is 0 Å². The van der Waals surface area contributed by atoms with Gasteiger partial charge in [0.05, 0.1) is 0 Å². The van der Waals surface area contributed by atoms with Gasteiger partial charge < -0.3 is 10.5 Å². The van der Waals surface area contributed by atoms with Gasteiger partial charge in [0.25, 0.3) is 0 Å². The summed E-state index contributed by atoms with van der Waals surface area (Å²) in [5, 5.41) is 0. The van der Waals surface area contributed by atoms with Crippen LogP contribution in [-0.4, -0.2) is 12.6 Å². The minimum Gasteiger partial charge on any atom is -0.490 e. The molecule has 0 heterocycles. The normalized spacial score (nSPS) is 26.9. The lowest BCUT2D eigenvalue weighted by molar-refractivity contribution is 0.162. The van der Waals surface area contributed by atoms with E-state index in [-0.39, 0.29) is 0 Å². The molecule has 2 aliphatic carbocycles. The number of ether oxygens (including phenoxy) is 1. The number of aryl methyl sites for hydroxylation is 2. The largest absolute Gasteiger partial charge is 0.490 e. The molecule has 0 aliphatic heterocycles. The highest BCUT2D eigenvalue weighted by Gasteiger charge is 2.27. The standard InChI is InChI=1S/C16H23NO/c17-11-14-6-3-7-16(14)18-15-9-8-12-4-1-2-5-13(12)10-15/h8-10,14,16H,1-7,11,17H2. The Hall–Kier alpha value is -1.02. The third kappa shape index (κ3) is 2.39. The van der Waals surface area contributed by atoms with Crippen molar-refractivity contribution in [3.63, 3.8) is 0 Å². The lowest BCUT2D eigenvalue weighted by Gasteiger charge is -2.22. The minimum absolute atomic E-state index is 0.344. The predicted octanol–water partition coefficient (Wildman–Crippen LogP) is 3.07. The lowest BCUT2D eigenvalue weighted by Crippen LogP contribution is -2.27. The Kier molecular flexibility index (Phi) is 3.55. The van der Waals surface area contributed by atoms with Gasteiger partial charge in [0.1, 0.15) is 11.9 Å². The molecule has 2 unspecified atom stereocenters. The van der Waals surface area contributed by atoms with E-state index in [4.69, 9.17) is 10.5 Å². The maximum atomic E-state index is 6.16. The summed E-state index contributed by atoms with van der Waals surface area (Å²) in [5.41, 5.74) is 8.83. The average molecular weight is 245 g/mol. The molecule has 18 heavy (non-hydrogen) atoms. The van der Waals surface area contributed by atoms with Gasteiger partial charge in [-0.2, -0.15) is 0 Å². The first-order chi connectivity index (χ1) is 8.86. The van der Waals surface area contributed by atoms with Gasteiger partial charge in [-0.1, -0.05) is 6.07 Å². The minimum atomic E-state index is 0.344. The van der Waals surface area contributed by atoms with E-state index in [1.165, 1.54) is 56.1 Å². The SMILES string of the molecule is NCC1CCCC1Oc1ccc2c(c1)CCCC2. The quantitative estimate of drug-likeness (QED) is 0.888. The van der Waals surface area contributed by atoms with Crippen LogP contribution in [0.4, 0.5) is 0 Å². The van der Waals surface area contributed by atoms with Crippen molar-refractivity contribution in [3.05, 3.63) is 29.3 Å². The van der Waals surface area contributed by atoms with E-state index in [2.05, 4.69) is 18.2 Å². The summed E-state index contributed by atoms with van der Waals surface area (Å²) in [4.78, 5) is 0. The van der Waals surface area contributed by atoms with Crippen LogP contribution in [-0.2, 0) is 12.8 Å². The zero-order valence-electron chi connectivity index (χ0n) is 11.0. The van der Waals surface area contributed by atoms with Crippen molar-refractivity contribution < 1.29 is 4.74 Å². The molecule has 0 aromatic heterocycles. The zero-order chi connectivity index (χ0) is 12.4. The molecule has 0 spiro atoms. The van der Waals surface area contributed by atoms with E-state index in [1.54, 1.807) is 0 Å². The third-order valence-electron chi connectivity index (χ3n) is 4.50. The maximum Gasteiger partial charge on any atom is 0.120 e. The molecular weight excluding hydrogens is 222 g/mol. The van der Waals surface area contributed by atoms with Crippen molar-refractivity contribution in [3.8, 4) is 5.75 Å². The van der Waals surface area contributed by atoms with E-state index in [0.717, 1.165) is 12.3 Å². The second kappa shape index (κ2) is 5.31. The molecule has 1 fully saturated rings. The molecule has 2 aliphatic rings. The van der Waals surface area contributed by atoms with Gasteiger partial charge in [-0.15, -0.1) is 0 Å². The van der Waals surface area contributed by atoms with Gasteiger partial charge in [-0.05, 0) is 74.8 Å². The van der Waals surface area contributed by atoms with Crippen LogP contribution < -0.4 is 10.5 Å². The number of fused-ring (bicyclic) bond motifs is 1. The highest BCUT2D eigenvalue weighted by molar-refractivity contribution is 5.37. The summed E-state index contributed by atoms with van der Waals surface area (Å²) in [6, 6.07) is 6.67. The van der Waals surface area contributed by atoms with Crippen LogP contribution in [0.1, 0.15) is 43.2 Å². The van der Waals surface area contributed by atoms with Gasteiger partial charge in [0, 0.05) is 5.92 Å². The molecule has 0 radical (unpaired) electrons. The number of hydrogen-bond donors (Lipinski definition) is 1. The Morgan fingerprint density at radius 1 is 1.06 bits per heavy atom. The van der Waals surface area contributed by atoms with Crippen LogP contribution in [0.2, 0.25) is 0 Å². The number of nitrogens with two attached hydrogens (primary N) is 1. The summed E-state index contributed by atoms with van der Waals surface area (Å²) in [7, 11) is 0. The van der Waals surface area contributed by atoms with Crippen molar-refractivity contribution >= 4 is 0 Å². The Labute approximate surface area is 110 Å². The fourth-order valence-electron chi connectivity index (χ4n) is 3.39. The molecule has 2 N–H and O–H groups in total. The first-order valence-electron chi connectivity index (χ1n) is 7.35. The van der Waals surface area contributed by atoms with E-state index >= 15 is 0 Å². The van der Waals surface area contributed by atoms with Crippen LogP contribution >= 0.6 is 0 Å². The van der Waals surface area contributed by atoms with Crippen molar-refractivity contribution in [2.75, 3.05) is 6.54 Å².